The summed E-state index contributed by atoms with van der Waals surface area (Å²) >= 11 is 0. The summed E-state index contributed by atoms with van der Waals surface area (Å²) in [6, 6.07) is 15.5. The summed E-state index contributed by atoms with van der Waals surface area (Å²) < 4.78 is 33.8. The van der Waals surface area contributed by atoms with E-state index >= 15 is 0 Å². The molecule has 0 radical (unpaired) electrons. The van der Waals surface area contributed by atoms with Crippen LogP contribution in [-0.4, -0.2) is 64.9 Å². The van der Waals surface area contributed by atoms with Gasteiger partial charge in [-0.2, -0.15) is 0 Å². The van der Waals surface area contributed by atoms with E-state index in [2.05, 4.69) is 39.1 Å². The fourth-order valence-corrected chi connectivity index (χ4v) is 6.61. The monoisotopic (exact) mass is 505 g/mol. The third kappa shape index (κ3) is 4.73. The molecule has 36 heavy (non-hydrogen) atoms. The molecule has 0 amide bonds. The van der Waals surface area contributed by atoms with Gasteiger partial charge in [0.25, 0.3) is 0 Å². The quantitative estimate of drug-likeness (QED) is 0.359. The Morgan fingerprint density at radius 3 is 2.56 bits per heavy atom. The van der Waals surface area contributed by atoms with Crippen LogP contribution in [0.25, 0.3) is 16.8 Å². The van der Waals surface area contributed by atoms with Crippen LogP contribution in [0.1, 0.15) is 31.0 Å². The van der Waals surface area contributed by atoms with Crippen molar-refractivity contribution in [1.29, 1.82) is 0 Å². The summed E-state index contributed by atoms with van der Waals surface area (Å²) in [7, 11) is -1.77. The van der Waals surface area contributed by atoms with Crippen molar-refractivity contribution in [1.82, 2.24) is 24.5 Å². The number of sulfone groups is 1. The van der Waals surface area contributed by atoms with Crippen LogP contribution in [0.2, 0.25) is 0 Å². The first-order chi connectivity index (χ1) is 17.5. The maximum absolute atomic E-state index is 13.2. The lowest BCUT2D eigenvalue weighted by atomic mass is 10.0. The average molecular weight is 506 g/mol. The normalized spacial score (nSPS) is 15.4. The van der Waals surface area contributed by atoms with Crippen molar-refractivity contribution >= 4 is 15.5 Å². The summed E-state index contributed by atoms with van der Waals surface area (Å²) in [5.41, 5.74) is 4.61. The SMILES string of the molecule is CCN1CCC(S(=O)(=O)c2ccc(-c3ccc(CCc4ccccc4OC)n4cnnc34)cn2)CC1. The third-order valence-corrected chi connectivity index (χ3v) is 9.32. The largest absolute Gasteiger partial charge is 0.496 e. The number of rotatable bonds is 8. The van der Waals surface area contributed by atoms with Gasteiger partial charge in [-0.05, 0) is 81.2 Å². The standard InChI is InChI=1S/C27H31N5O3S/c1-3-31-16-14-23(15-17-31)36(33,34)26-13-9-21(18-28-26)24-12-11-22(32-19-29-30-27(24)32)10-8-20-6-4-5-7-25(20)35-2/h4-7,9,11-13,18-19,23H,3,8,10,14-17H2,1-2H3. The van der Waals surface area contributed by atoms with E-state index in [1.165, 1.54) is 0 Å². The molecule has 0 spiro atoms. The molecule has 9 heteroatoms. The number of piperidine rings is 1. The summed E-state index contributed by atoms with van der Waals surface area (Å²) in [5.74, 6) is 0.881. The maximum Gasteiger partial charge on any atom is 0.198 e. The van der Waals surface area contributed by atoms with Gasteiger partial charge in [-0.1, -0.05) is 25.1 Å². The van der Waals surface area contributed by atoms with Crippen LogP contribution in [0.15, 0.2) is 66.1 Å². The van der Waals surface area contributed by atoms with Crippen LogP contribution in [-0.2, 0) is 22.7 Å². The molecule has 1 aromatic carbocycles. The molecule has 4 aromatic rings. The fraction of sp³-hybridized carbons (Fsp3) is 0.370. The van der Waals surface area contributed by atoms with Crippen LogP contribution in [0, 0.1) is 0 Å². The van der Waals surface area contributed by atoms with Crippen molar-refractivity contribution in [3.63, 3.8) is 0 Å². The Labute approximate surface area is 211 Å². The smallest absolute Gasteiger partial charge is 0.198 e. The minimum absolute atomic E-state index is 0.145. The number of ether oxygens (including phenoxy) is 1. The van der Waals surface area contributed by atoms with Crippen molar-refractivity contribution in [2.75, 3.05) is 26.7 Å². The third-order valence-electron chi connectivity index (χ3n) is 7.14. The molecule has 1 aliphatic heterocycles. The Hall–Kier alpha value is -3.30. The molecule has 8 nitrogen and oxygen atoms in total. The molecule has 0 N–H and O–H groups in total. The first-order valence-electron chi connectivity index (χ1n) is 12.4. The van der Waals surface area contributed by atoms with Gasteiger partial charge in [0, 0.05) is 23.0 Å². The predicted octanol–water partition coefficient (Wildman–Crippen LogP) is 3.84. The number of pyridine rings is 2. The Morgan fingerprint density at radius 2 is 1.83 bits per heavy atom. The van der Waals surface area contributed by atoms with Gasteiger partial charge in [0.05, 0.1) is 12.4 Å². The van der Waals surface area contributed by atoms with Gasteiger partial charge in [-0.15, -0.1) is 10.2 Å². The van der Waals surface area contributed by atoms with E-state index in [4.69, 9.17) is 4.74 Å². The molecule has 0 atom stereocenters. The number of para-hydroxylation sites is 1. The summed E-state index contributed by atoms with van der Waals surface area (Å²) in [4.78, 5) is 6.66. The van der Waals surface area contributed by atoms with Gasteiger partial charge < -0.3 is 9.64 Å². The van der Waals surface area contributed by atoms with Gasteiger partial charge in [-0.25, -0.2) is 13.4 Å². The zero-order chi connectivity index (χ0) is 25.1. The van der Waals surface area contributed by atoms with Gasteiger partial charge in [-0.3, -0.25) is 4.40 Å². The first kappa shape index (κ1) is 24.4. The van der Waals surface area contributed by atoms with E-state index in [0.29, 0.717) is 12.8 Å². The second-order valence-corrected chi connectivity index (χ2v) is 11.3. The number of nitrogens with zero attached hydrogens (tertiary/aromatic N) is 5. The second-order valence-electron chi connectivity index (χ2n) is 9.14. The lowest BCUT2D eigenvalue weighted by molar-refractivity contribution is 0.241. The first-order valence-corrected chi connectivity index (χ1v) is 13.9. The highest BCUT2D eigenvalue weighted by Crippen LogP contribution is 2.28. The molecular weight excluding hydrogens is 474 g/mol. The Bertz CT molecular complexity index is 1440. The topological polar surface area (TPSA) is 89.7 Å². The van der Waals surface area contributed by atoms with E-state index in [1.54, 1.807) is 25.7 Å². The van der Waals surface area contributed by atoms with Crippen molar-refractivity contribution in [3.8, 4) is 16.9 Å². The highest BCUT2D eigenvalue weighted by Gasteiger charge is 2.31. The average Bonchev–Trinajstić information content (AvgIpc) is 3.42. The Balaban J connectivity index is 1.36. The fourth-order valence-electron chi connectivity index (χ4n) is 4.98. The summed E-state index contributed by atoms with van der Waals surface area (Å²) in [6.45, 7) is 4.68. The molecule has 1 saturated heterocycles. The number of fused-ring (bicyclic) bond motifs is 1. The summed E-state index contributed by atoms with van der Waals surface area (Å²) in [5, 5.41) is 8.25. The van der Waals surface area contributed by atoms with Gasteiger partial charge in [0.1, 0.15) is 12.1 Å². The van der Waals surface area contributed by atoms with E-state index in [9.17, 15) is 8.42 Å². The number of methoxy groups -OCH3 is 1. The minimum Gasteiger partial charge on any atom is -0.496 e. The molecule has 1 aliphatic rings. The van der Waals surface area contributed by atoms with Gasteiger partial charge in [0.15, 0.2) is 20.5 Å². The van der Waals surface area contributed by atoms with Crippen LogP contribution < -0.4 is 4.74 Å². The van der Waals surface area contributed by atoms with E-state index < -0.39 is 9.84 Å². The van der Waals surface area contributed by atoms with E-state index in [-0.39, 0.29) is 10.3 Å². The molecular formula is C27H31N5O3S. The van der Waals surface area contributed by atoms with E-state index in [0.717, 1.165) is 66.3 Å². The highest BCUT2D eigenvalue weighted by molar-refractivity contribution is 7.92. The number of hydrogen-bond acceptors (Lipinski definition) is 7. The number of likely N-dealkylation sites (tertiary alicyclic amines) is 1. The number of benzene rings is 1. The molecule has 5 rings (SSSR count). The molecule has 188 valence electrons. The van der Waals surface area contributed by atoms with Crippen molar-refractivity contribution in [2.45, 2.75) is 42.9 Å². The van der Waals surface area contributed by atoms with Gasteiger partial charge >= 0.3 is 0 Å². The van der Waals surface area contributed by atoms with Crippen molar-refractivity contribution in [3.05, 3.63) is 72.3 Å². The second kappa shape index (κ2) is 10.4. The van der Waals surface area contributed by atoms with Crippen molar-refractivity contribution < 1.29 is 13.2 Å². The summed E-state index contributed by atoms with van der Waals surface area (Å²) in [6.07, 6.45) is 6.26. The molecule has 0 bridgehead atoms. The molecule has 3 aromatic heterocycles. The zero-order valence-corrected chi connectivity index (χ0v) is 21.5. The van der Waals surface area contributed by atoms with Crippen LogP contribution in [0.4, 0.5) is 0 Å². The predicted molar refractivity (Wildman–Crippen MR) is 139 cm³/mol. The zero-order valence-electron chi connectivity index (χ0n) is 20.7. The van der Waals surface area contributed by atoms with Crippen molar-refractivity contribution in [2.24, 2.45) is 0 Å². The molecule has 1 fully saturated rings. The molecule has 4 heterocycles. The van der Waals surface area contributed by atoms with E-state index in [1.807, 2.05) is 34.7 Å². The van der Waals surface area contributed by atoms with Gasteiger partial charge in [0.2, 0.25) is 0 Å². The molecule has 0 saturated carbocycles. The van der Waals surface area contributed by atoms with Crippen LogP contribution >= 0.6 is 0 Å². The van der Waals surface area contributed by atoms with Crippen LogP contribution in [0.3, 0.4) is 0 Å². The lowest BCUT2D eigenvalue weighted by Gasteiger charge is -2.30. The highest BCUT2D eigenvalue weighted by atomic mass is 32.2. The number of aromatic nitrogens is 4. The van der Waals surface area contributed by atoms with Crippen LogP contribution in [0.5, 0.6) is 5.75 Å². The number of aryl methyl sites for hydroxylation is 2. The molecule has 0 aliphatic carbocycles. The Morgan fingerprint density at radius 1 is 1.03 bits per heavy atom. The minimum atomic E-state index is -3.45. The Kier molecular flexibility index (Phi) is 7.02. The maximum atomic E-state index is 13.2. The molecule has 0 unspecified atom stereocenters. The lowest BCUT2D eigenvalue weighted by Crippen LogP contribution is -2.39. The number of hydrogen-bond donors (Lipinski definition) is 0.